The molecule has 3 aromatic rings. The Morgan fingerprint density at radius 1 is 0.923 bits per heavy atom. The normalized spacial score (nSPS) is 11.1. The third-order valence-electron chi connectivity index (χ3n) is 3.47. The summed E-state index contributed by atoms with van der Waals surface area (Å²) in [6.45, 7) is 0. The third kappa shape index (κ3) is 4.41. The third-order valence-corrected chi connectivity index (χ3v) is 3.47. The molecule has 0 atom stereocenters. The van der Waals surface area contributed by atoms with Gasteiger partial charge in [0.15, 0.2) is 0 Å². The van der Waals surface area contributed by atoms with E-state index in [1.54, 1.807) is 25.4 Å². The number of aromatic nitrogens is 2. The van der Waals surface area contributed by atoms with Crippen molar-refractivity contribution >= 4 is 23.1 Å². The molecule has 3 rings (SSSR count). The second-order valence-corrected chi connectivity index (χ2v) is 5.32. The number of hydrogen-bond acceptors (Lipinski definition) is 5. The van der Waals surface area contributed by atoms with Crippen molar-refractivity contribution in [3.8, 4) is 5.75 Å². The molecule has 0 saturated heterocycles. The van der Waals surface area contributed by atoms with Crippen molar-refractivity contribution in [2.45, 2.75) is 6.18 Å². The fourth-order valence-electron chi connectivity index (χ4n) is 2.21. The summed E-state index contributed by atoms with van der Waals surface area (Å²) in [6, 6.07) is 13.6. The van der Waals surface area contributed by atoms with Crippen LogP contribution in [0.25, 0.3) is 0 Å². The minimum Gasteiger partial charge on any atom is -0.497 e. The van der Waals surface area contributed by atoms with E-state index in [0.29, 0.717) is 23.2 Å². The number of alkyl halides is 3. The molecule has 0 unspecified atom stereocenters. The molecule has 26 heavy (non-hydrogen) atoms. The lowest BCUT2D eigenvalue weighted by molar-refractivity contribution is -0.137. The Hall–Kier alpha value is -3.29. The molecule has 1 aromatic heterocycles. The van der Waals surface area contributed by atoms with Crippen molar-refractivity contribution < 1.29 is 17.9 Å². The molecule has 2 N–H and O–H groups in total. The summed E-state index contributed by atoms with van der Waals surface area (Å²) in [6.07, 6.45) is -2.82. The summed E-state index contributed by atoms with van der Waals surface area (Å²) in [7, 11) is 1.57. The predicted molar refractivity (Wildman–Crippen MR) is 93.0 cm³/mol. The van der Waals surface area contributed by atoms with Gasteiger partial charge in [-0.3, -0.25) is 0 Å². The Morgan fingerprint density at radius 2 is 1.69 bits per heavy atom. The van der Waals surface area contributed by atoms with Crippen LogP contribution in [0.2, 0.25) is 0 Å². The maximum Gasteiger partial charge on any atom is 0.416 e. The Labute approximate surface area is 147 Å². The zero-order valence-corrected chi connectivity index (χ0v) is 13.7. The van der Waals surface area contributed by atoms with Gasteiger partial charge in [-0.25, -0.2) is 4.98 Å². The number of nitrogens with zero attached hydrogens (tertiary/aromatic N) is 2. The molecule has 5 nitrogen and oxygen atoms in total. The van der Waals surface area contributed by atoms with Crippen LogP contribution in [0, 0.1) is 0 Å². The van der Waals surface area contributed by atoms with Gasteiger partial charge in [-0.1, -0.05) is 6.07 Å². The van der Waals surface area contributed by atoms with Crippen LogP contribution >= 0.6 is 0 Å². The van der Waals surface area contributed by atoms with Crippen LogP contribution < -0.4 is 15.4 Å². The molecule has 8 heteroatoms. The topological polar surface area (TPSA) is 59.1 Å². The van der Waals surface area contributed by atoms with E-state index in [9.17, 15) is 13.2 Å². The highest BCUT2D eigenvalue weighted by Crippen LogP contribution is 2.30. The fourth-order valence-corrected chi connectivity index (χ4v) is 2.21. The number of methoxy groups -OCH3 is 1. The van der Waals surface area contributed by atoms with E-state index in [4.69, 9.17) is 4.74 Å². The number of rotatable bonds is 5. The molecular weight excluding hydrogens is 345 g/mol. The van der Waals surface area contributed by atoms with E-state index < -0.39 is 11.7 Å². The lowest BCUT2D eigenvalue weighted by Crippen LogP contribution is -2.05. The number of nitrogens with one attached hydrogen (secondary N) is 2. The summed E-state index contributed by atoms with van der Waals surface area (Å²) in [5, 5.41) is 5.99. The molecule has 0 bridgehead atoms. The highest BCUT2D eigenvalue weighted by molar-refractivity contribution is 5.60. The SMILES string of the molecule is COc1cccc(Nc2nccc(Nc3ccc(C(F)(F)F)cc3)n2)c1. The van der Waals surface area contributed by atoms with Gasteiger partial charge in [0.05, 0.1) is 12.7 Å². The number of benzene rings is 2. The molecule has 0 amide bonds. The van der Waals surface area contributed by atoms with Gasteiger partial charge in [-0.15, -0.1) is 0 Å². The molecular formula is C18H15F3N4O. The maximum atomic E-state index is 12.6. The molecule has 0 aliphatic rings. The van der Waals surface area contributed by atoms with Crippen LogP contribution in [0.1, 0.15) is 5.56 Å². The number of anilines is 4. The summed E-state index contributed by atoms with van der Waals surface area (Å²) in [4.78, 5) is 8.42. The van der Waals surface area contributed by atoms with Crippen molar-refractivity contribution in [1.29, 1.82) is 0 Å². The second-order valence-electron chi connectivity index (χ2n) is 5.32. The van der Waals surface area contributed by atoms with E-state index in [0.717, 1.165) is 17.8 Å². The van der Waals surface area contributed by atoms with Gasteiger partial charge in [-0.05, 0) is 42.5 Å². The summed E-state index contributed by atoms with van der Waals surface area (Å²) in [5.41, 5.74) is 0.533. The van der Waals surface area contributed by atoms with E-state index in [1.807, 2.05) is 18.2 Å². The maximum absolute atomic E-state index is 12.6. The standard InChI is InChI=1S/C18H15F3N4O/c1-26-15-4-2-3-14(11-15)24-17-22-10-9-16(25-17)23-13-7-5-12(6-8-13)18(19,20)21/h2-11H,1H3,(H2,22,23,24,25). The van der Waals surface area contributed by atoms with Crippen molar-refractivity contribution in [2.75, 3.05) is 17.7 Å². The highest BCUT2D eigenvalue weighted by Gasteiger charge is 2.29. The Bertz CT molecular complexity index is 882. The van der Waals surface area contributed by atoms with Crippen LogP contribution in [0.15, 0.2) is 60.8 Å². The molecule has 0 aliphatic heterocycles. The van der Waals surface area contributed by atoms with Gasteiger partial charge in [0, 0.05) is 23.6 Å². The lowest BCUT2D eigenvalue weighted by atomic mass is 10.2. The molecule has 134 valence electrons. The average molecular weight is 360 g/mol. The van der Waals surface area contributed by atoms with Crippen molar-refractivity contribution in [3.05, 3.63) is 66.4 Å². The molecule has 0 spiro atoms. The second kappa shape index (κ2) is 7.30. The van der Waals surface area contributed by atoms with Crippen LogP contribution in [0.5, 0.6) is 5.75 Å². The molecule has 1 heterocycles. The average Bonchev–Trinajstić information content (AvgIpc) is 2.62. The number of ether oxygens (including phenoxy) is 1. The van der Waals surface area contributed by atoms with E-state index in [2.05, 4.69) is 20.6 Å². The zero-order valence-electron chi connectivity index (χ0n) is 13.7. The van der Waals surface area contributed by atoms with Crippen LogP contribution in [0.4, 0.5) is 36.3 Å². The molecule has 0 saturated carbocycles. The number of halogens is 3. The largest absolute Gasteiger partial charge is 0.497 e. The Morgan fingerprint density at radius 3 is 2.38 bits per heavy atom. The van der Waals surface area contributed by atoms with E-state index in [-0.39, 0.29) is 0 Å². The molecule has 2 aromatic carbocycles. The van der Waals surface area contributed by atoms with Gasteiger partial charge >= 0.3 is 6.18 Å². The zero-order chi connectivity index (χ0) is 18.6. The smallest absolute Gasteiger partial charge is 0.416 e. The van der Waals surface area contributed by atoms with Crippen LogP contribution in [-0.2, 0) is 6.18 Å². The van der Waals surface area contributed by atoms with E-state index >= 15 is 0 Å². The minimum absolute atomic E-state index is 0.343. The Kier molecular flexibility index (Phi) is 4.92. The minimum atomic E-state index is -4.36. The molecule has 0 aliphatic carbocycles. The van der Waals surface area contributed by atoms with Crippen LogP contribution in [-0.4, -0.2) is 17.1 Å². The summed E-state index contributed by atoms with van der Waals surface area (Å²) in [5.74, 6) is 1.48. The lowest BCUT2D eigenvalue weighted by Gasteiger charge is -2.10. The monoisotopic (exact) mass is 360 g/mol. The van der Waals surface area contributed by atoms with Gasteiger partial charge < -0.3 is 15.4 Å². The fraction of sp³-hybridized carbons (Fsp3) is 0.111. The first kappa shape index (κ1) is 17.5. The quantitative estimate of drug-likeness (QED) is 0.671. The highest BCUT2D eigenvalue weighted by atomic mass is 19.4. The first-order chi connectivity index (χ1) is 12.4. The van der Waals surface area contributed by atoms with Gasteiger partial charge in [-0.2, -0.15) is 18.2 Å². The Balaban J connectivity index is 1.73. The first-order valence-corrected chi connectivity index (χ1v) is 7.62. The van der Waals surface area contributed by atoms with E-state index in [1.165, 1.54) is 12.1 Å². The van der Waals surface area contributed by atoms with Gasteiger partial charge in [0.25, 0.3) is 0 Å². The first-order valence-electron chi connectivity index (χ1n) is 7.62. The van der Waals surface area contributed by atoms with Gasteiger partial charge in [0.2, 0.25) is 5.95 Å². The van der Waals surface area contributed by atoms with Gasteiger partial charge in [0.1, 0.15) is 11.6 Å². The predicted octanol–water partition coefficient (Wildman–Crippen LogP) is 4.99. The number of hydrogen-bond donors (Lipinski definition) is 2. The van der Waals surface area contributed by atoms with Crippen molar-refractivity contribution in [3.63, 3.8) is 0 Å². The van der Waals surface area contributed by atoms with Crippen molar-refractivity contribution in [1.82, 2.24) is 9.97 Å². The summed E-state index contributed by atoms with van der Waals surface area (Å²) < 4.78 is 43.0. The summed E-state index contributed by atoms with van der Waals surface area (Å²) >= 11 is 0. The van der Waals surface area contributed by atoms with Crippen molar-refractivity contribution in [2.24, 2.45) is 0 Å². The molecule has 0 fully saturated rings. The molecule has 0 radical (unpaired) electrons. The van der Waals surface area contributed by atoms with Crippen LogP contribution in [0.3, 0.4) is 0 Å².